The second kappa shape index (κ2) is 5.74. The van der Waals surface area contributed by atoms with Gasteiger partial charge in [0.05, 0.1) is 24.3 Å². The van der Waals surface area contributed by atoms with E-state index in [9.17, 15) is 0 Å². The van der Waals surface area contributed by atoms with Crippen molar-refractivity contribution in [3.05, 3.63) is 22.2 Å². The number of benzene rings is 1. The Balaban J connectivity index is 2.24. The maximum absolute atomic E-state index is 9.14. The van der Waals surface area contributed by atoms with E-state index in [0.717, 1.165) is 28.6 Å². The zero-order valence-corrected chi connectivity index (χ0v) is 11.5. The predicted octanol–water partition coefficient (Wildman–Crippen LogP) is 3.27. The van der Waals surface area contributed by atoms with Crippen molar-refractivity contribution in [1.29, 1.82) is 0 Å². The molecule has 1 aromatic rings. The van der Waals surface area contributed by atoms with Crippen LogP contribution in [0, 0.1) is 0 Å². The highest BCUT2D eigenvalue weighted by molar-refractivity contribution is 9.10. The Kier molecular flexibility index (Phi) is 4.29. The van der Waals surface area contributed by atoms with Crippen molar-refractivity contribution in [2.45, 2.75) is 38.4 Å². The van der Waals surface area contributed by atoms with Gasteiger partial charge in [-0.15, -0.1) is 0 Å². The average Bonchev–Trinajstić information content (AvgIpc) is 2.84. The molecule has 0 spiro atoms. The number of hydrogen-bond acceptors (Lipinski definition) is 3. The van der Waals surface area contributed by atoms with Crippen molar-refractivity contribution >= 4 is 15.9 Å². The van der Waals surface area contributed by atoms with Gasteiger partial charge in [0, 0.05) is 0 Å². The summed E-state index contributed by atoms with van der Waals surface area (Å²) in [6.45, 7) is -0.00132. The van der Waals surface area contributed by atoms with Gasteiger partial charge < -0.3 is 14.6 Å². The maximum Gasteiger partial charge on any atom is 0.175 e. The van der Waals surface area contributed by atoms with E-state index in [-0.39, 0.29) is 6.61 Å². The number of ether oxygens (including phenoxy) is 2. The van der Waals surface area contributed by atoms with Crippen LogP contribution in [-0.4, -0.2) is 18.3 Å². The molecule has 1 N–H and O–H groups in total. The Bertz CT molecular complexity index is 386. The third kappa shape index (κ3) is 2.93. The molecule has 1 aliphatic carbocycles. The maximum atomic E-state index is 9.14. The molecule has 0 unspecified atom stereocenters. The van der Waals surface area contributed by atoms with Crippen LogP contribution in [0.5, 0.6) is 11.5 Å². The highest BCUT2D eigenvalue weighted by Gasteiger charge is 2.20. The van der Waals surface area contributed by atoms with Gasteiger partial charge in [0.25, 0.3) is 0 Å². The lowest BCUT2D eigenvalue weighted by atomic mass is 10.2. The molecular weight excluding hydrogens is 284 g/mol. The largest absolute Gasteiger partial charge is 0.493 e. The fourth-order valence-electron chi connectivity index (χ4n) is 2.15. The van der Waals surface area contributed by atoms with E-state index in [1.54, 1.807) is 7.11 Å². The standard InChI is InChI=1S/C13H17BrO3/c1-16-12-7-9(8-15)6-11(14)13(12)17-10-4-2-3-5-10/h6-7,10,15H,2-5,8H2,1H3. The van der Waals surface area contributed by atoms with Crippen LogP contribution in [0.15, 0.2) is 16.6 Å². The van der Waals surface area contributed by atoms with Crippen LogP contribution in [0.3, 0.4) is 0 Å². The molecule has 1 saturated carbocycles. The van der Waals surface area contributed by atoms with Gasteiger partial charge >= 0.3 is 0 Å². The molecule has 1 aromatic carbocycles. The van der Waals surface area contributed by atoms with Gasteiger partial charge in [-0.05, 0) is 59.3 Å². The lowest BCUT2D eigenvalue weighted by molar-refractivity contribution is 0.199. The lowest BCUT2D eigenvalue weighted by Crippen LogP contribution is -2.12. The van der Waals surface area contributed by atoms with Crippen molar-refractivity contribution < 1.29 is 14.6 Å². The second-order valence-corrected chi connectivity index (χ2v) is 5.15. The van der Waals surface area contributed by atoms with Gasteiger partial charge in [-0.2, -0.15) is 0 Å². The quantitative estimate of drug-likeness (QED) is 0.927. The predicted molar refractivity (Wildman–Crippen MR) is 69.5 cm³/mol. The molecule has 0 radical (unpaired) electrons. The summed E-state index contributed by atoms with van der Waals surface area (Å²) in [7, 11) is 1.62. The van der Waals surface area contributed by atoms with Gasteiger partial charge in [-0.25, -0.2) is 0 Å². The molecular formula is C13H17BrO3. The Labute approximate surface area is 110 Å². The van der Waals surface area contributed by atoms with Gasteiger partial charge in [0.1, 0.15) is 0 Å². The Morgan fingerprint density at radius 1 is 1.35 bits per heavy atom. The van der Waals surface area contributed by atoms with E-state index in [1.165, 1.54) is 12.8 Å². The third-order valence-corrected chi connectivity index (χ3v) is 3.65. The minimum Gasteiger partial charge on any atom is -0.493 e. The molecule has 0 bridgehead atoms. The van der Waals surface area contributed by atoms with Crippen LogP contribution in [0.2, 0.25) is 0 Å². The summed E-state index contributed by atoms with van der Waals surface area (Å²) in [6.07, 6.45) is 4.98. The molecule has 94 valence electrons. The molecule has 4 heteroatoms. The number of hydrogen-bond donors (Lipinski definition) is 1. The highest BCUT2D eigenvalue weighted by Crippen LogP contribution is 2.39. The van der Waals surface area contributed by atoms with Crippen LogP contribution in [-0.2, 0) is 6.61 Å². The van der Waals surface area contributed by atoms with Gasteiger partial charge in [0.15, 0.2) is 11.5 Å². The Hall–Kier alpha value is -0.740. The first-order chi connectivity index (χ1) is 8.24. The Morgan fingerprint density at radius 2 is 2.06 bits per heavy atom. The van der Waals surface area contributed by atoms with Crippen molar-refractivity contribution in [2.24, 2.45) is 0 Å². The van der Waals surface area contributed by atoms with Gasteiger partial charge in [-0.3, -0.25) is 0 Å². The van der Waals surface area contributed by atoms with Gasteiger partial charge in [0.2, 0.25) is 0 Å². The van der Waals surface area contributed by atoms with Crippen molar-refractivity contribution in [3.63, 3.8) is 0 Å². The molecule has 0 atom stereocenters. The monoisotopic (exact) mass is 300 g/mol. The van der Waals surface area contributed by atoms with Crippen molar-refractivity contribution in [3.8, 4) is 11.5 Å². The summed E-state index contributed by atoms with van der Waals surface area (Å²) in [6, 6.07) is 3.68. The first-order valence-corrected chi connectivity index (χ1v) is 6.68. The number of rotatable bonds is 4. The minimum absolute atomic E-state index is 0.00132. The van der Waals surface area contributed by atoms with Crippen LogP contribution in [0.25, 0.3) is 0 Å². The molecule has 2 rings (SSSR count). The summed E-state index contributed by atoms with van der Waals surface area (Å²) >= 11 is 3.47. The second-order valence-electron chi connectivity index (χ2n) is 4.29. The van der Waals surface area contributed by atoms with Crippen LogP contribution < -0.4 is 9.47 Å². The third-order valence-electron chi connectivity index (χ3n) is 3.06. The van der Waals surface area contributed by atoms with Crippen molar-refractivity contribution in [2.75, 3.05) is 7.11 Å². The van der Waals surface area contributed by atoms with E-state index >= 15 is 0 Å². The molecule has 0 heterocycles. The van der Waals surface area contributed by atoms with E-state index in [1.807, 2.05) is 12.1 Å². The minimum atomic E-state index is -0.00132. The first kappa shape index (κ1) is 12.7. The summed E-state index contributed by atoms with van der Waals surface area (Å²) in [4.78, 5) is 0. The molecule has 0 aliphatic heterocycles. The van der Waals surface area contributed by atoms with Crippen molar-refractivity contribution in [1.82, 2.24) is 0 Å². The molecule has 0 aromatic heterocycles. The summed E-state index contributed by atoms with van der Waals surface area (Å²) in [5.74, 6) is 1.42. The van der Waals surface area contributed by atoms with Crippen LogP contribution in [0.1, 0.15) is 31.2 Å². The van der Waals surface area contributed by atoms with E-state index in [4.69, 9.17) is 14.6 Å². The van der Waals surface area contributed by atoms with E-state index < -0.39 is 0 Å². The topological polar surface area (TPSA) is 38.7 Å². The Morgan fingerprint density at radius 3 is 2.65 bits per heavy atom. The molecule has 0 amide bonds. The number of aliphatic hydroxyl groups is 1. The fraction of sp³-hybridized carbons (Fsp3) is 0.538. The lowest BCUT2D eigenvalue weighted by Gasteiger charge is -2.18. The number of methoxy groups -OCH3 is 1. The smallest absolute Gasteiger partial charge is 0.175 e. The molecule has 1 fully saturated rings. The summed E-state index contributed by atoms with van der Waals surface area (Å²) in [5.41, 5.74) is 0.812. The summed E-state index contributed by atoms with van der Waals surface area (Å²) < 4.78 is 12.1. The highest BCUT2D eigenvalue weighted by atomic mass is 79.9. The number of halogens is 1. The normalized spacial score (nSPS) is 16.2. The molecule has 3 nitrogen and oxygen atoms in total. The fourth-order valence-corrected chi connectivity index (χ4v) is 2.73. The molecule has 17 heavy (non-hydrogen) atoms. The zero-order valence-electron chi connectivity index (χ0n) is 9.91. The van der Waals surface area contributed by atoms with Crippen LogP contribution >= 0.6 is 15.9 Å². The van der Waals surface area contributed by atoms with E-state index in [2.05, 4.69) is 15.9 Å². The molecule has 0 saturated heterocycles. The number of aliphatic hydroxyl groups excluding tert-OH is 1. The zero-order chi connectivity index (χ0) is 12.3. The van der Waals surface area contributed by atoms with Crippen LogP contribution in [0.4, 0.5) is 0 Å². The summed E-state index contributed by atoms with van der Waals surface area (Å²) in [5, 5.41) is 9.14. The average molecular weight is 301 g/mol. The van der Waals surface area contributed by atoms with E-state index in [0.29, 0.717) is 11.9 Å². The SMILES string of the molecule is COc1cc(CO)cc(Br)c1OC1CCCC1. The van der Waals surface area contributed by atoms with Gasteiger partial charge in [-0.1, -0.05) is 0 Å². The molecule has 1 aliphatic rings. The first-order valence-electron chi connectivity index (χ1n) is 5.88.